The standard InChI is InChI=1S/C9H20N2/c1-5-8-6-10-11(7-8)9(2,3)4/h8,10H,5-7H2,1-4H3. The maximum atomic E-state index is 3.43. The van der Waals surface area contributed by atoms with Crippen LogP contribution in [0.4, 0.5) is 0 Å². The molecular weight excluding hydrogens is 136 g/mol. The molecule has 1 heterocycles. The molecule has 1 rings (SSSR count). The van der Waals surface area contributed by atoms with Crippen LogP contribution in [0.3, 0.4) is 0 Å². The largest absolute Gasteiger partial charge is 0.254 e. The third-order valence-corrected chi connectivity index (χ3v) is 2.40. The van der Waals surface area contributed by atoms with Crippen LogP contribution in [-0.4, -0.2) is 23.6 Å². The summed E-state index contributed by atoms with van der Waals surface area (Å²) in [6, 6.07) is 0. The fraction of sp³-hybridized carbons (Fsp3) is 1.00. The topological polar surface area (TPSA) is 15.3 Å². The summed E-state index contributed by atoms with van der Waals surface area (Å²) in [5, 5.41) is 2.35. The summed E-state index contributed by atoms with van der Waals surface area (Å²) in [7, 11) is 0. The lowest BCUT2D eigenvalue weighted by molar-refractivity contribution is 0.112. The van der Waals surface area contributed by atoms with E-state index in [2.05, 4.69) is 38.1 Å². The van der Waals surface area contributed by atoms with E-state index in [0.29, 0.717) is 0 Å². The van der Waals surface area contributed by atoms with Gasteiger partial charge in [-0.25, -0.2) is 5.01 Å². The summed E-state index contributed by atoms with van der Waals surface area (Å²) in [6.45, 7) is 11.4. The van der Waals surface area contributed by atoms with E-state index < -0.39 is 0 Å². The van der Waals surface area contributed by atoms with Gasteiger partial charge < -0.3 is 0 Å². The monoisotopic (exact) mass is 156 g/mol. The zero-order chi connectivity index (χ0) is 8.48. The van der Waals surface area contributed by atoms with Crippen molar-refractivity contribution in [3.8, 4) is 0 Å². The van der Waals surface area contributed by atoms with Crippen LogP contribution in [0.1, 0.15) is 34.1 Å². The lowest BCUT2D eigenvalue weighted by Gasteiger charge is -2.31. The van der Waals surface area contributed by atoms with Crippen molar-refractivity contribution in [2.24, 2.45) is 5.92 Å². The summed E-state index contributed by atoms with van der Waals surface area (Å²) in [5.41, 5.74) is 3.71. The van der Waals surface area contributed by atoms with E-state index >= 15 is 0 Å². The Morgan fingerprint density at radius 2 is 2.09 bits per heavy atom. The molecule has 1 unspecified atom stereocenters. The normalized spacial score (nSPS) is 27.8. The first-order valence-electron chi connectivity index (χ1n) is 4.55. The predicted octanol–water partition coefficient (Wildman–Crippen LogP) is 1.63. The fourth-order valence-corrected chi connectivity index (χ4v) is 1.41. The number of rotatable bonds is 1. The van der Waals surface area contributed by atoms with Crippen LogP contribution in [0.15, 0.2) is 0 Å². The van der Waals surface area contributed by atoms with Gasteiger partial charge in [-0.3, -0.25) is 5.43 Å². The molecule has 1 saturated heterocycles. The Bertz CT molecular complexity index is 126. The van der Waals surface area contributed by atoms with E-state index in [0.717, 1.165) is 12.5 Å². The molecule has 1 aliphatic heterocycles. The van der Waals surface area contributed by atoms with Gasteiger partial charge in [-0.05, 0) is 26.7 Å². The molecule has 2 nitrogen and oxygen atoms in total. The van der Waals surface area contributed by atoms with Crippen molar-refractivity contribution >= 4 is 0 Å². The second-order valence-corrected chi connectivity index (χ2v) is 4.42. The molecule has 2 heteroatoms. The van der Waals surface area contributed by atoms with Gasteiger partial charge in [-0.15, -0.1) is 0 Å². The number of nitrogens with zero attached hydrogens (tertiary/aromatic N) is 1. The van der Waals surface area contributed by atoms with Crippen LogP contribution in [0, 0.1) is 5.92 Å². The van der Waals surface area contributed by atoms with Gasteiger partial charge in [0.05, 0.1) is 0 Å². The minimum atomic E-state index is 0.282. The highest BCUT2D eigenvalue weighted by molar-refractivity contribution is 4.81. The lowest BCUT2D eigenvalue weighted by Crippen LogP contribution is -2.45. The van der Waals surface area contributed by atoms with Crippen LogP contribution in [0.2, 0.25) is 0 Å². The Hall–Kier alpha value is -0.0800. The number of hydrogen-bond acceptors (Lipinski definition) is 2. The zero-order valence-electron chi connectivity index (χ0n) is 8.15. The molecule has 0 aromatic carbocycles. The van der Waals surface area contributed by atoms with Gasteiger partial charge in [0.25, 0.3) is 0 Å². The van der Waals surface area contributed by atoms with Crippen molar-refractivity contribution in [1.29, 1.82) is 0 Å². The summed E-state index contributed by atoms with van der Waals surface area (Å²) >= 11 is 0. The molecule has 0 aliphatic carbocycles. The van der Waals surface area contributed by atoms with Crippen molar-refractivity contribution in [2.75, 3.05) is 13.1 Å². The van der Waals surface area contributed by atoms with E-state index in [9.17, 15) is 0 Å². The van der Waals surface area contributed by atoms with Gasteiger partial charge in [-0.1, -0.05) is 13.3 Å². The Kier molecular flexibility index (Phi) is 2.55. The van der Waals surface area contributed by atoms with Crippen molar-refractivity contribution < 1.29 is 0 Å². The van der Waals surface area contributed by atoms with E-state index in [1.165, 1.54) is 13.0 Å². The molecule has 0 aromatic heterocycles. The first kappa shape index (κ1) is 9.01. The summed E-state index contributed by atoms with van der Waals surface area (Å²) in [6.07, 6.45) is 1.29. The smallest absolute Gasteiger partial charge is 0.0270 e. The van der Waals surface area contributed by atoms with Gasteiger partial charge in [0.2, 0.25) is 0 Å². The van der Waals surface area contributed by atoms with E-state index in [1.54, 1.807) is 0 Å². The molecule has 0 radical (unpaired) electrons. The van der Waals surface area contributed by atoms with Gasteiger partial charge in [0.15, 0.2) is 0 Å². The first-order valence-corrected chi connectivity index (χ1v) is 4.55. The molecule has 0 amide bonds. The number of hydrogen-bond donors (Lipinski definition) is 1. The Morgan fingerprint density at radius 1 is 1.45 bits per heavy atom. The predicted molar refractivity (Wildman–Crippen MR) is 48.2 cm³/mol. The minimum Gasteiger partial charge on any atom is -0.254 e. The molecule has 1 atom stereocenters. The zero-order valence-corrected chi connectivity index (χ0v) is 8.15. The second-order valence-electron chi connectivity index (χ2n) is 4.42. The van der Waals surface area contributed by atoms with Crippen molar-refractivity contribution in [1.82, 2.24) is 10.4 Å². The molecule has 11 heavy (non-hydrogen) atoms. The molecule has 1 N–H and O–H groups in total. The van der Waals surface area contributed by atoms with Gasteiger partial charge >= 0.3 is 0 Å². The summed E-state index contributed by atoms with van der Waals surface area (Å²) in [5.74, 6) is 0.856. The third-order valence-electron chi connectivity index (χ3n) is 2.40. The average Bonchev–Trinajstić information content (AvgIpc) is 2.32. The second kappa shape index (κ2) is 3.11. The Balaban J connectivity index is 2.42. The SMILES string of the molecule is CCC1CNN(C(C)(C)C)C1. The van der Waals surface area contributed by atoms with Crippen LogP contribution in [0.25, 0.3) is 0 Å². The van der Waals surface area contributed by atoms with E-state index in [-0.39, 0.29) is 5.54 Å². The van der Waals surface area contributed by atoms with Crippen LogP contribution >= 0.6 is 0 Å². The molecule has 0 aromatic rings. The highest BCUT2D eigenvalue weighted by Crippen LogP contribution is 2.18. The number of nitrogens with one attached hydrogen (secondary N) is 1. The van der Waals surface area contributed by atoms with Crippen molar-refractivity contribution in [3.05, 3.63) is 0 Å². The minimum absolute atomic E-state index is 0.282. The quantitative estimate of drug-likeness (QED) is 0.621. The summed E-state index contributed by atoms with van der Waals surface area (Å²) in [4.78, 5) is 0. The lowest BCUT2D eigenvalue weighted by atomic mass is 10.1. The Labute approximate surface area is 69.9 Å². The van der Waals surface area contributed by atoms with Crippen molar-refractivity contribution in [2.45, 2.75) is 39.7 Å². The summed E-state index contributed by atoms with van der Waals surface area (Å²) < 4.78 is 0. The Morgan fingerprint density at radius 3 is 2.36 bits per heavy atom. The van der Waals surface area contributed by atoms with E-state index in [4.69, 9.17) is 0 Å². The third kappa shape index (κ3) is 2.17. The molecule has 0 bridgehead atoms. The van der Waals surface area contributed by atoms with Gasteiger partial charge in [-0.2, -0.15) is 0 Å². The van der Waals surface area contributed by atoms with Crippen LogP contribution in [-0.2, 0) is 0 Å². The van der Waals surface area contributed by atoms with Crippen LogP contribution in [0.5, 0.6) is 0 Å². The molecule has 1 aliphatic rings. The maximum Gasteiger partial charge on any atom is 0.0270 e. The highest BCUT2D eigenvalue weighted by Gasteiger charge is 2.28. The maximum absolute atomic E-state index is 3.43. The van der Waals surface area contributed by atoms with Crippen molar-refractivity contribution in [3.63, 3.8) is 0 Å². The molecule has 1 fully saturated rings. The fourth-order valence-electron chi connectivity index (χ4n) is 1.41. The van der Waals surface area contributed by atoms with Gasteiger partial charge in [0, 0.05) is 18.6 Å². The van der Waals surface area contributed by atoms with Gasteiger partial charge in [0.1, 0.15) is 0 Å². The molecule has 0 spiro atoms. The molecule has 66 valence electrons. The molecular formula is C9H20N2. The van der Waals surface area contributed by atoms with Crippen LogP contribution < -0.4 is 5.43 Å². The highest BCUT2D eigenvalue weighted by atomic mass is 15.6. The average molecular weight is 156 g/mol. The number of hydrazine groups is 1. The van der Waals surface area contributed by atoms with E-state index in [1.807, 2.05) is 0 Å². The molecule has 0 saturated carbocycles. The first-order chi connectivity index (χ1) is 5.04.